The number of hydrogen-bond acceptors (Lipinski definition) is 2. The van der Waals surface area contributed by atoms with E-state index in [9.17, 15) is 0 Å². The smallest absolute Gasteiger partial charge is 0.0762 e. The van der Waals surface area contributed by atoms with Crippen LogP contribution in [0.5, 0.6) is 0 Å². The van der Waals surface area contributed by atoms with Gasteiger partial charge < -0.3 is 5.32 Å². The molecule has 1 heterocycles. The molecule has 0 aliphatic rings. The molecule has 0 aliphatic heterocycles. The van der Waals surface area contributed by atoms with Crippen LogP contribution in [0.1, 0.15) is 16.8 Å². The van der Waals surface area contributed by atoms with Crippen LogP contribution in [-0.2, 0) is 20.1 Å². The minimum atomic E-state index is 0.814. The van der Waals surface area contributed by atoms with Gasteiger partial charge >= 0.3 is 0 Å². The van der Waals surface area contributed by atoms with Crippen LogP contribution in [0.3, 0.4) is 0 Å². The SMILES string of the molecule is Cc1ccc(CNCc2ccn(C)n2)cc1. The molecule has 0 atom stereocenters. The van der Waals surface area contributed by atoms with Crippen LogP contribution in [0.4, 0.5) is 0 Å². The topological polar surface area (TPSA) is 29.9 Å². The second-order valence-electron chi connectivity index (χ2n) is 4.07. The number of rotatable bonds is 4. The summed E-state index contributed by atoms with van der Waals surface area (Å²) in [4.78, 5) is 0. The Bertz CT molecular complexity index is 442. The number of nitrogens with one attached hydrogen (secondary N) is 1. The van der Waals surface area contributed by atoms with Crippen LogP contribution < -0.4 is 5.32 Å². The highest BCUT2D eigenvalue weighted by atomic mass is 15.3. The third kappa shape index (κ3) is 2.94. The lowest BCUT2D eigenvalue weighted by molar-refractivity contribution is 0.656. The molecule has 0 saturated heterocycles. The monoisotopic (exact) mass is 215 g/mol. The first-order valence-electron chi connectivity index (χ1n) is 5.49. The summed E-state index contributed by atoms with van der Waals surface area (Å²) >= 11 is 0. The van der Waals surface area contributed by atoms with E-state index in [1.54, 1.807) is 0 Å². The lowest BCUT2D eigenvalue weighted by Crippen LogP contribution is -2.13. The van der Waals surface area contributed by atoms with Crippen LogP contribution in [0.15, 0.2) is 36.5 Å². The molecule has 0 amide bonds. The minimum Gasteiger partial charge on any atom is -0.307 e. The van der Waals surface area contributed by atoms with E-state index >= 15 is 0 Å². The highest BCUT2D eigenvalue weighted by molar-refractivity contribution is 5.21. The quantitative estimate of drug-likeness (QED) is 0.845. The fourth-order valence-corrected chi connectivity index (χ4v) is 1.60. The molecule has 3 nitrogen and oxygen atoms in total. The summed E-state index contributed by atoms with van der Waals surface area (Å²) in [5.41, 5.74) is 3.68. The van der Waals surface area contributed by atoms with Gasteiger partial charge in [-0.1, -0.05) is 29.8 Å². The fraction of sp³-hybridized carbons (Fsp3) is 0.308. The lowest BCUT2D eigenvalue weighted by Gasteiger charge is -2.03. The van der Waals surface area contributed by atoms with Crippen molar-refractivity contribution in [3.63, 3.8) is 0 Å². The highest BCUT2D eigenvalue weighted by Gasteiger charge is 1.96. The molecule has 0 aliphatic carbocycles. The number of hydrogen-bond donors (Lipinski definition) is 1. The van der Waals surface area contributed by atoms with Gasteiger partial charge in [-0.15, -0.1) is 0 Å². The normalized spacial score (nSPS) is 10.6. The third-order valence-electron chi connectivity index (χ3n) is 2.52. The van der Waals surface area contributed by atoms with Crippen molar-refractivity contribution in [3.8, 4) is 0 Å². The fourth-order valence-electron chi connectivity index (χ4n) is 1.60. The van der Waals surface area contributed by atoms with Gasteiger partial charge in [0.2, 0.25) is 0 Å². The first-order chi connectivity index (χ1) is 7.74. The Morgan fingerprint density at radius 1 is 1.12 bits per heavy atom. The second kappa shape index (κ2) is 4.94. The first-order valence-corrected chi connectivity index (χ1v) is 5.49. The van der Waals surface area contributed by atoms with Crippen molar-refractivity contribution in [3.05, 3.63) is 53.3 Å². The summed E-state index contributed by atoms with van der Waals surface area (Å²) in [6.45, 7) is 3.80. The van der Waals surface area contributed by atoms with Gasteiger partial charge in [0.05, 0.1) is 5.69 Å². The van der Waals surface area contributed by atoms with Crippen LogP contribution >= 0.6 is 0 Å². The molecule has 2 rings (SSSR count). The number of benzene rings is 1. The first kappa shape index (κ1) is 10.9. The van der Waals surface area contributed by atoms with Crippen molar-refractivity contribution < 1.29 is 0 Å². The predicted molar refractivity (Wildman–Crippen MR) is 64.9 cm³/mol. The van der Waals surface area contributed by atoms with Crippen molar-refractivity contribution in [1.82, 2.24) is 15.1 Å². The molecule has 3 heteroatoms. The van der Waals surface area contributed by atoms with E-state index in [-0.39, 0.29) is 0 Å². The molecular weight excluding hydrogens is 198 g/mol. The summed E-state index contributed by atoms with van der Waals surface area (Å²) in [6.07, 6.45) is 1.96. The largest absolute Gasteiger partial charge is 0.307 e. The predicted octanol–water partition coefficient (Wildman–Crippen LogP) is 2.02. The van der Waals surface area contributed by atoms with Gasteiger partial charge in [-0.25, -0.2) is 0 Å². The van der Waals surface area contributed by atoms with Crippen molar-refractivity contribution in [2.24, 2.45) is 7.05 Å². The Labute approximate surface area is 96.1 Å². The molecule has 0 bridgehead atoms. The molecular formula is C13H17N3. The van der Waals surface area contributed by atoms with Gasteiger partial charge in [-0.2, -0.15) is 5.10 Å². The van der Waals surface area contributed by atoms with Gasteiger partial charge in [-0.05, 0) is 18.6 Å². The highest BCUT2D eigenvalue weighted by Crippen LogP contribution is 2.03. The maximum absolute atomic E-state index is 4.31. The molecule has 1 aromatic carbocycles. The zero-order chi connectivity index (χ0) is 11.4. The minimum absolute atomic E-state index is 0.814. The summed E-state index contributed by atoms with van der Waals surface area (Å²) in [7, 11) is 1.93. The zero-order valence-corrected chi connectivity index (χ0v) is 9.77. The Kier molecular flexibility index (Phi) is 3.37. The van der Waals surface area contributed by atoms with Crippen molar-refractivity contribution in [1.29, 1.82) is 0 Å². The van der Waals surface area contributed by atoms with E-state index in [4.69, 9.17) is 0 Å². The van der Waals surface area contributed by atoms with E-state index in [1.165, 1.54) is 11.1 Å². The molecule has 0 fully saturated rings. The second-order valence-corrected chi connectivity index (χ2v) is 4.07. The van der Waals surface area contributed by atoms with E-state index in [0.29, 0.717) is 0 Å². The number of nitrogens with zero attached hydrogens (tertiary/aromatic N) is 2. The molecule has 16 heavy (non-hydrogen) atoms. The number of aryl methyl sites for hydroxylation is 2. The Hall–Kier alpha value is -1.61. The van der Waals surface area contributed by atoms with E-state index < -0.39 is 0 Å². The number of aromatic nitrogens is 2. The molecule has 1 N–H and O–H groups in total. The van der Waals surface area contributed by atoms with Gasteiger partial charge in [-0.3, -0.25) is 4.68 Å². The van der Waals surface area contributed by atoms with Gasteiger partial charge in [0.25, 0.3) is 0 Å². The van der Waals surface area contributed by atoms with Crippen LogP contribution in [0.2, 0.25) is 0 Å². The van der Waals surface area contributed by atoms with Gasteiger partial charge in [0.15, 0.2) is 0 Å². The molecule has 0 saturated carbocycles. The molecule has 1 aromatic heterocycles. The summed E-state index contributed by atoms with van der Waals surface area (Å²) in [5.74, 6) is 0. The maximum Gasteiger partial charge on any atom is 0.0762 e. The van der Waals surface area contributed by atoms with Crippen molar-refractivity contribution >= 4 is 0 Å². The van der Waals surface area contributed by atoms with E-state index in [2.05, 4.69) is 41.6 Å². The van der Waals surface area contributed by atoms with Crippen molar-refractivity contribution in [2.75, 3.05) is 0 Å². The van der Waals surface area contributed by atoms with Gasteiger partial charge in [0.1, 0.15) is 0 Å². The standard InChI is InChI=1S/C13H17N3/c1-11-3-5-12(6-4-11)9-14-10-13-7-8-16(2)15-13/h3-8,14H,9-10H2,1-2H3. The van der Waals surface area contributed by atoms with Crippen LogP contribution in [0, 0.1) is 6.92 Å². The molecule has 84 valence electrons. The van der Waals surface area contributed by atoms with Crippen molar-refractivity contribution in [2.45, 2.75) is 20.0 Å². The molecule has 0 unspecified atom stereocenters. The third-order valence-corrected chi connectivity index (χ3v) is 2.52. The summed E-state index contributed by atoms with van der Waals surface area (Å²) in [6, 6.07) is 10.6. The Morgan fingerprint density at radius 2 is 1.88 bits per heavy atom. The lowest BCUT2D eigenvalue weighted by atomic mass is 10.1. The molecule has 0 radical (unpaired) electrons. The summed E-state index contributed by atoms with van der Waals surface area (Å²) < 4.78 is 1.82. The summed E-state index contributed by atoms with van der Waals surface area (Å²) in [5, 5.41) is 7.69. The van der Waals surface area contributed by atoms with Crippen LogP contribution in [-0.4, -0.2) is 9.78 Å². The molecule has 0 spiro atoms. The maximum atomic E-state index is 4.31. The van der Waals surface area contributed by atoms with E-state index in [1.807, 2.05) is 24.0 Å². The Balaban J connectivity index is 1.82. The average molecular weight is 215 g/mol. The van der Waals surface area contributed by atoms with Crippen LogP contribution in [0.25, 0.3) is 0 Å². The Morgan fingerprint density at radius 3 is 2.50 bits per heavy atom. The zero-order valence-electron chi connectivity index (χ0n) is 9.77. The van der Waals surface area contributed by atoms with Gasteiger partial charge in [0, 0.05) is 26.3 Å². The van der Waals surface area contributed by atoms with E-state index in [0.717, 1.165) is 18.8 Å². The average Bonchev–Trinajstić information content (AvgIpc) is 2.67. The molecule has 2 aromatic rings.